The van der Waals surface area contributed by atoms with E-state index in [0.29, 0.717) is 46.2 Å². The predicted octanol–water partition coefficient (Wildman–Crippen LogP) is 3.17. The van der Waals surface area contributed by atoms with Crippen LogP contribution in [-0.2, 0) is 4.74 Å². The van der Waals surface area contributed by atoms with Gasteiger partial charge in [-0.15, -0.1) is 0 Å². The third-order valence-electron chi connectivity index (χ3n) is 2.66. The number of aromatic nitrogens is 2. The van der Waals surface area contributed by atoms with Gasteiger partial charge in [0.1, 0.15) is 12.0 Å². The molecule has 112 valence electrons. The first-order valence-electron chi connectivity index (χ1n) is 6.17. The van der Waals surface area contributed by atoms with E-state index in [1.807, 2.05) is 0 Å². The highest BCUT2D eigenvalue weighted by Crippen LogP contribution is 2.31. The highest BCUT2D eigenvalue weighted by molar-refractivity contribution is 6.35. The minimum Gasteiger partial charge on any atom is -0.393 e. The third kappa shape index (κ3) is 4.10. The molecular weight excluding hydrogens is 313 g/mol. The molecule has 0 amide bonds. The number of rotatable bonds is 6. The molecule has 0 atom stereocenters. The molecule has 6 nitrogen and oxygen atoms in total. The summed E-state index contributed by atoms with van der Waals surface area (Å²) in [4.78, 5) is 8.20. The summed E-state index contributed by atoms with van der Waals surface area (Å²) in [5.74, 6) is 0.983. The molecule has 21 heavy (non-hydrogen) atoms. The summed E-state index contributed by atoms with van der Waals surface area (Å²) < 4.78 is 4.96. The Hall–Kier alpha value is -1.76. The molecule has 4 N–H and O–H groups in total. The highest BCUT2D eigenvalue weighted by atomic mass is 35.5. The van der Waals surface area contributed by atoms with E-state index < -0.39 is 0 Å². The van der Waals surface area contributed by atoms with E-state index in [-0.39, 0.29) is 0 Å². The Kier molecular flexibility index (Phi) is 5.44. The molecule has 0 bridgehead atoms. The van der Waals surface area contributed by atoms with E-state index in [1.54, 1.807) is 25.3 Å². The number of hydrogen-bond donors (Lipinski definition) is 3. The first-order chi connectivity index (χ1) is 10.1. The van der Waals surface area contributed by atoms with Crippen molar-refractivity contribution >= 4 is 46.2 Å². The van der Waals surface area contributed by atoms with Crippen LogP contribution in [0.4, 0.5) is 23.0 Å². The topological polar surface area (TPSA) is 85.1 Å². The van der Waals surface area contributed by atoms with Gasteiger partial charge in [0.15, 0.2) is 11.6 Å². The minimum absolute atomic E-state index is 0.393. The van der Waals surface area contributed by atoms with Crippen LogP contribution < -0.4 is 16.4 Å². The first kappa shape index (κ1) is 15.6. The fourth-order valence-electron chi connectivity index (χ4n) is 1.63. The molecule has 0 spiro atoms. The van der Waals surface area contributed by atoms with E-state index in [2.05, 4.69) is 20.6 Å². The van der Waals surface area contributed by atoms with Crippen LogP contribution in [0.1, 0.15) is 0 Å². The molecule has 1 aromatic carbocycles. The van der Waals surface area contributed by atoms with Crippen LogP contribution in [-0.4, -0.2) is 30.2 Å². The van der Waals surface area contributed by atoms with E-state index in [0.717, 1.165) is 0 Å². The maximum absolute atomic E-state index is 6.10. The van der Waals surface area contributed by atoms with E-state index in [9.17, 15) is 0 Å². The van der Waals surface area contributed by atoms with Gasteiger partial charge in [0.2, 0.25) is 0 Å². The third-order valence-corrected chi connectivity index (χ3v) is 3.23. The normalized spacial score (nSPS) is 10.4. The van der Waals surface area contributed by atoms with Gasteiger partial charge in [0.05, 0.1) is 17.3 Å². The summed E-state index contributed by atoms with van der Waals surface area (Å²) in [5.41, 5.74) is 7.05. The van der Waals surface area contributed by atoms with Gasteiger partial charge in [0, 0.05) is 18.7 Å². The Morgan fingerprint density at radius 1 is 1.24 bits per heavy atom. The summed E-state index contributed by atoms with van der Waals surface area (Å²) >= 11 is 12.1. The van der Waals surface area contributed by atoms with Crippen molar-refractivity contribution in [1.29, 1.82) is 0 Å². The van der Waals surface area contributed by atoms with E-state index in [1.165, 1.54) is 6.33 Å². The fraction of sp³-hybridized carbons (Fsp3) is 0.231. The minimum atomic E-state index is 0.393. The van der Waals surface area contributed by atoms with Gasteiger partial charge in [-0.3, -0.25) is 0 Å². The number of benzene rings is 1. The van der Waals surface area contributed by atoms with Crippen LogP contribution in [0.5, 0.6) is 0 Å². The van der Waals surface area contributed by atoms with Gasteiger partial charge in [-0.2, -0.15) is 0 Å². The molecule has 0 radical (unpaired) electrons. The molecule has 1 aromatic heterocycles. The molecule has 0 aliphatic carbocycles. The standard InChI is InChI=1S/C13H15Cl2N5O/c1-21-5-4-17-12-11(16)13(19-7-18-12)20-10-6-8(14)2-3-9(10)15/h2-3,6-7H,4-5,16H2,1H3,(H2,17,18,19,20). The Bertz CT molecular complexity index is 624. The predicted molar refractivity (Wildman–Crippen MR) is 86.6 cm³/mol. The smallest absolute Gasteiger partial charge is 0.159 e. The van der Waals surface area contributed by atoms with E-state index in [4.69, 9.17) is 33.7 Å². The van der Waals surface area contributed by atoms with Crippen molar-refractivity contribution < 1.29 is 4.74 Å². The lowest BCUT2D eigenvalue weighted by Gasteiger charge is -2.13. The van der Waals surface area contributed by atoms with Crippen molar-refractivity contribution in [2.45, 2.75) is 0 Å². The molecule has 0 saturated heterocycles. The molecule has 1 heterocycles. The van der Waals surface area contributed by atoms with Crippen LogP contribution in [0.3, 0.4) is 0 Å². The quantitative estimate of drug-likeness (QED) is 0.706. The van der Waals surface area contributed by atoms with Crippen LogP contribution in [0.15, 0.2) is 24.5 Å². The average molecular weight is 328 g/mol. The highest BCUT2D eigenvalue weighted by Gasteiger charge is 2.10. The summed E-state index contributed by atoms with van der Waals surface area (Å²) in [6.45, 7) is 1.14. The average Bonchev–Trinajstić information content (AvgIpc) is 2.47. The molecule has 0 aliphatic rings. The Balaban J connectivity index is 2.20. The zero-order valence-corrected chi connectivity index (χ0v) is 12.9. The lowest BCUT2D eigenvalue weighted by atomic mass is 10.3. The zero-order chi connectivity index (χ0) is 15.2. The molecular formula is C13H15Cl2N5O. The van der Waals surface area contributed by atoms with Crippen molar-refractivity contribution in [3.8, 4) is 0 Å². The number of nitrogens with two attached hydrogens (primary N) is 1. The maximum atomic E-state index is 6.10. The molecule has 2 aromatic rings. The number of anilines is 4. The van der Waals surface area contributed by atoms with Crippen molar-refractivity contribution in [3.05, 3.63) is 34.6 Å². The first-order valence-corrected chi connectivity index (χ1v) is 6.92. The molecule has 0 unspecified atom stereocenters. The maximum Gasteiger partial charge on any atom is 0.159 e. The number of nitrogens with one attached hydrogen (secondary N) is 2. The lowest BCUT2D eigenvalue weighted by Crippen LogP contribution is -2.12. The van der Waals surface area contributed by atoms with Crippen LogP contribution in [0.25, 0.3) is 0 Å². The van der Waals surface area contributed by atoms with Gasteiger partial charge in [-0.05, 0) is 18.2 Å². The number of halogens is 2. The largest absolute Gasteiger partial charge is 0.393 e. The molecule has 0 fully saturated rings. The van der Waals surface area contributed by atoms with Gasteiger partial charge < -0.3 is 21.1 Å². The number of nitrogen functional groups attached to an aromatic ring is 1. The molecule has 2 rings (SSSR count). The Morgan fingerprint density at radius 3 is 2.76 bits per heavy atom. The van der Waals surface area contributed by atoms with Crippen molar-refractivity contribution in [3.63, 3.8) is 0 Å². The van der Waals surface area contributed by atoms with E-state index >= 15 is 0 Å². The number of methoxy groups -OCH3 is 1. The summed E-state index contributed by atoms with van der Waals surface area (Å²) in [6.07, 6.45) is 1.41. The van der Waals surface area contributed by atoms with Crippen molar-refractivity contribution in [2.24, 2.45) is 0 Å². The van der Waals surface area contributed by atoms with Crippen LogP contribution in [0, 0.1) is 0 Å². The van der Waals surface area contributed by atoms with Crippen LogP contribution >= 0.6 is 23.2 Å². The SMILES string of the molecule is COCCNc1ncnc(Nc2cc(Cl)ccc2Cl)c1N. The summed E-state index contributed by atoms with van der Waals surface area (Å²) in [5, 5.41) is 7.20. The summed E-state index contributed by atoms with van der Waals surface area (Å²) in [6, 6.07) is 5.10. The molecule has 8 heteroatoms. The van der Waals surface area contributed by atoms with Crippen molar-refractivity contribution in [1.82, 2.24) is 9.97 Å². The van der Waals surface area contributed by atoms with Crippen molar-refractivity contribution in [2.75, 3.05) is 36.6 Å². The number of hydrogen-bond acceptors (Lipinski definition) is 6. The Morgan fingerprint density at radius 2 is 2.00 bits per heavy atom. The Labute approximate surface area is 132 Å². The fourth-order valence-corrected chi connectivity index (χ4v) is 1.97. The molecule has 0 aliphatic heterocycles. The monoisotopic (exact) mass is 327 g/mol. The number of nitrogens with zero attached hydrogens (tertiary/aromatic N) is 2. The second-order valence-corrected chi connectivity index (χ2v) is 5.00. The van der Waals surface area contributed by atoms with Gasteiger partial charge in [-0.1, -0.05) is 23.2 Å². The second kappa shape index (κ2) is 7.31. The molecule has 0 saturated carbocycles. The lowest BCUT2D eigenvalue weighted by molar-refractivity contribution is 0.210. The van der Waals surface area contributed by atoms with Gasteiger partial charge >= 0.3 is 0 Å². The van der Waals surface area contributed by atoms with Gasteiger partial charge in [0.25, 0.3) is 0 Å². The number of ether oxygens (including phenoxy) is 1. The summed E-state index contributed by atoms with van der Waals surface area (Å²) in [7, 11) is 1.62. The van der Waals surface area contributed by atoms with Crippen LogP contribution in [0.2, 0.25) is 10.0 Å². The van der Waals surface area contributed by atoms with Gasteiger partial charge in [-0.25, -0.2) is 9.97 Å². The second-order valence-electron chi connectivity index (χ2n) is 4.15. The zero-order valence-electron chi connectivity index (χ0n) is 11.4.